The van der Waals surface area contributed by atoms with Crippen LogP contribution >= 0.6 is 23.2 Å². The second-order valence-electron chi connectivity index (χ2n) is 6.57. The maximum Gasteiger partial charge on any atom is 0.240 e. The fourth-order valence-electron chi connectivity index (χ4n) is 3.34. The average Bonchev–Trinajstić information content (AvgIpc) is 3.29. The summed E-state index contributed by atoms with van der Waals surface area (Å²) in [4.78, 5) is 17.3. The molecule has 140 valence electrons. The maximum absolute atomic E-state index is 12.6. The summed E-state index contributed by atoms with van der Waals surface area (Å²) in [7, 11) is 0. The van der Waals surface area contributed by atoms with Gasteiger partial charge in [-0.2, -0.15) is 0 Å². The monoisotopic (exact) mass is 403 g/mol. The molecule has 1 aliphatic heterocycles. The number of fused-ring (bicyclic) bond motifs is 1. The van der Waals surface area contributed by atoms with Crippen molar-refractivity contribution in [2.24, 2.45) is 0 Å². The van der Waals surface area contributed by atoms with Crippen LogP contribution in [-0.4, -0.2) is 34.7 Å². The molecule has 0 bridgehead atoms. The van der Waals surface area contributed by atoms with Crippen molar-refractivity contribution in [3.8, 4) is 11.4 Å². The molecule has 27 heavy (non-hydrogen) atoms. The van der Waals surface area contributed by atoms with Crippen LogP contribution in [0, 0.1) is 0 Å². The SMILES string of the molecule is O=C(Cn1c(-c2ccc(Cl)cc2Cl)nc2ccccc21)NCC1CCCO1. The molecule has 1 unspecified atom stereocenters. The minimum Gasteiger partial charge on any atom is -0.376 e. The lowest BCUT2D eigenvalue weighted by Gasteiger charge is -2.13. The number of para-hydroxylation sites is 2. The van der Waals surface area contributed by atoms with Crippen LogP contribution in [-0.2, 0) is 16.1 Å². The molecule has 1 fully saturated rings. The quantitative estimate of drug-likeness (QED) is 0.690. The van der Waals surface area contributed by atoms with Gasteiger partial charge in [0.2, 0.25) is 5.91 Å². The molecule has 1 amide bonds. The van der Waals surface area contributed by atoms with E-state index < -0.39 is 0 Å². The summed E-state index contributed by atoms with van der Waals surface area (Å²) in [6, 6.07) is 13.0. The van der Waals surface area contributed by atoms with Gasteiger partial charge in [-0.15, -0.1) is 0 Å². The molecule has 1 aliphatic rings. The van der Waals surface area contributed by atoms with E-state index in [1.165, 1.54) is 0 Å². The largest absolute Gasteiger partial charge is 0.376 e. The van der Waals surface area contributed by atoms with Crippen molar-refractivity contribution in [2.45, 2.75) is 25.5 Å². The van der Waals surface area contributed by atoms with E-state index >= 15 is 0 Å². The first-order valence-electron chi connectivity index (χ1n) is 8.91. The van der Waals surface area contributed by atoms with Crippen molar-refractivity contribution in [1.29, 1.82) is 0 Å². The Morgan fingerprint density at radius 1 is 1.26 bits per heavy atom. The summed E-state index contributed by atoms with van der Waals surface area (Å²) >= 11 is 12.4. The second kappa shape index (κ2) is 7.89. The summed E-state index contributed by atoms with van der Waals surface area (Å²) < 4.78 is 7.45. The van der Waals surface area contributed by atoms with E-state index in [1.54, 1.807) is 12.1 Å². The molecule has 5 nitrogen and oxygen atoms in total. The molecule has 0 spiro atoms. The molecule has 2 aromatic carbocycles. The zero-order valence-corrected chi connectivity index (χ0v) is 16.1. The van der Waals surface area contributed by atoms with Gasteiger partial charge in [-0.05, 0) is 43.2 Å². The van der Waals surface area contributed by atoms with Gasteiger partial charge in [-0.1, -0.05) is 35.3 Å². The Kier molecular flexibility index (Phi) is 5.34. The van der Waals surface area contributed by atoms with E-state index in [9.17, 15) is 4.79 Å². The first-order valence-corrected chi connectivity index (χ1v) is 9.66. The van der Waals surface area contributed by atoms with Crippen LogP contribution in [0.25, 0.3) is 22.4 Å². The maximum atomic E-state index is 12.6. The smallest absolute Gasteiger partial charge is 0.240 e. The van der Waals surface area contributed by atoms with Crippen molar-refractivity contribution in [3.05, 3.63) is 52.5 Å². The van der Waals surface area contributed by atoms with Gasteiger partial charge in [-0.3, -0.25) is 4.79 Å². The van der Waals surface area contributed by atoms with Crippen molar-refractivity contribution in [2.75, 3.05) is 13.2 Å². The fourth-order valence-corrected chi connectivity index (χ4v) is 3.84. The molecule has 4 rings (SSSR count). The Morgan fingerprint density at radius 3 is 2.89 bits per heavy atom. The molecule has 0 radical (unpaired) electrons. The number of hydrogen-bond acceptors (Lipinski definition) is 3. The van der Waals surface area contributed by atoms with Crippen molar-refractivity contribution >= 4 is 40.1 Å². The number of rotatable bonds is 5. The Labute approximate surface area is 167 Å². The summed E-state index contributed by atoms with van der Waals surface area (Å²) in [6.07, 6.45) is 2.14. The lowest BCUT2D eigenvalue weighted by atomic mass is 10.2. The number of hydrogen-bond donors (Lipinski definition) is 1. The van der Waals surface area contributed by atoms with E-state index in [-0.39, 0.29) is 18.6 Å². The Hall–Kier alpha value is -2.08. The van der Waals surface area contributed by atoms with Crippen LogP contribution in [0.4, 0.5) is 0 Å². The molecule has 1 atom stereocenters. The Balaban J connectivity index is 1.64. The van der Waals surface area contributed by atoms with E-state index in [0.717, 1.165) is 36.0 Å². The third kappa shape index (κ3) is 3.95. The number of halogens is 2. The van der Waals surface area contributed by atoms with E-state index in [1.807, 2.05) is 34.9 Å². The van der Waals surface area contributed by atoms with Crippen molar-refractivity contribution < 1.29 is 9.53 Å². The predicted octanol–water partition coefficient (Wildman–Crippen LogP) is 4.31. The van der Waals surface area contributed by atoms with Gasteiger partial charge in [0.1, 0.15) is 12.4 Å². The van der Waals surface area contributed by atoms with Crippen LogP contribution in [0.15, 0.2) is 42.5 Å². The molecule has 1 saturated heterocycles. The normalized spacial score (nSPS) is 16.7. The summed E-state index contributed by atoms with van der Waals surface area (Å²) in [5, 5.41) is 4.02. The lowest BCUT2D eigenvalue weighted by Crippen LogP contribution is -2.34. The summed E-state index contributed by atoms with van der Waals surface area (Å²) in [5.74, 6) is 0.560. The van der Waals surface area contributed by atoms with E-state index in [2.05, 4.69) is 5.32 Å². The Bertz CT molecular complexity index is 981. The highest BCUT2D eigenvalue weighted by Gasteiger charge is 2.19. The average molecular weight is 404 g/mol. The third-order valence-corrected chi connectivity index (χ3v) is 5.23. The molecule has 1 aromatic heterocycles. The first-order chi connectivity index (χ1) is 13.1. The molecule has 0 saturated carbocycles. The number of imidazole rings is 1. The summed E-state index contributed by atoms with van der Waals surface area (Å²) in [6.45, 7) is 1.45. The number of nitrogens with one attached hydrogen (secondary N) is 1. The number of carbonyl (C=O) groups is 1. The van der Waals surface area contributed by atoms with Crippen LogP contribution in [0.1, 0.15) is 12.8 Å². The summed E-state index contributed by atoms with van der Waals surface area (Å²) in [5.41, 5.74) is 2.43. The molecule has 1 N–H and O–H groups in total. The van der Waals surface area contributed by atoms with E-state index in [4.69, 9.17) is 32.9 Å². The number of nitrogens with zero attached hydrogens (tertiary/aromatic N) is 2. The minimum absolute atomic E-state index is 0.0833. The van der Waals surface area contributed by atoms with Crippen LogP contribution < -0.4 is 5.32 Å². The van der Waals surface area contributed by atoms with Gasteiger partial charge in [0, 0.05) is 23.7 Å². The number of amides is 1. The van der Waals surface area contributed by atoms with Gasteiger partial charge >= 0.3 is 0 Å². The standard InChI is InChI=1S/C20H19Cl2N3O2/c21-13-7-8-15(16(22)10-13)20-24-17-5-1-2-6-18(17)25(20)12-19(26)23-11-14-4-3-9-27-14/h1-2,5-8,10,14H,3-4,9,11-12H2,(H,23,26). The molecule has 0 aliphatic carbocycles. The topological polar surface area (TPSA) is 56.2 Å². The zero-order valence-electron chi connectivity index (χ0n) is 14.6. The first kappa shape index (κ1) is 18.3. The van der Waals surface area contributed by atoms with Gasteiger partial charge < -0.3 is 14.6 Å². The van der Waals surface area contributed by atoms with Crippen LogP contribution in [0.5, 0.6) is 0 Å². The predicted molar refractivity (Wildman–Crippen MR) is 107 cm³/mol. The van der Waals surface area contributed by atoms with Crippen LogP contribution in [0.3, 0.4) is 0 Å². The molecule has 3 aromatic rings. The van der Waals surface area contributed by atoms with Crippen molar-refractivity contribution in [3.63, 3.8) is 0 Å². The highest BCUT2D eigenvalue weighted by Crippen LogP contribution is 2.32. The number of carbonyl (C=O) groups excluding carboxylic acids is 1. The molecular formula is C20H19Cl2N3O2. The molecule has 7 heteroatoms. The minimum atomic E-state index is -0.0833. The number of aromatic nitrogens is 2. The van der Waals surface area contributed by atoms with E-state index in [0.29, 0.717) is 22.4 Å². The van der Waals surface area contributed by atoms with Crippen LogP contribution in [0.2, 0.25) is 10.0 Å². The Morgan fingerprint density at radius 2 is 2.11 bits per heavy atom. The van der Waals surface area contributed by atoms with Crippen molar-refractivity contribution in [1.82, 2.24) is 14.9 Å². The highest BCUT2D eigenvalue weighted by molar-refractivity contribution is 6.36. The van der Waals surface area contributed by atoms with Gasteiger partial charge in [0.15, 0.2) is 0 Å². The lowest BCUT2D eigenvalue weighted by molar-refractivity contribution is -0.122. The number of benzene rings is 2. The van der Waals surface area contributed by atoms with Gasteiger partial charge in [0.05, 0.1) is 22.2 Å². The zero-order chi connectivity index (χ0) is 18.8. The fraction of sp³-hybridized carbons (Fsp3) is 0.300. The number of ether oxygens (including phenoxy) is 1. The molecular weight excluding hydrogens is 385 g/mol. The van der Waals surface area contributed by atoms with Gasteiger partial charge in [-0.25, -0.2) is 4.98 Å². The molecule has 2 heterocycles. The highest BCUT2D eigenvalue weighted by atomic mass is 35.5. The second-order valence-corrected chi connectivity index (χ2v) is 7.42. The van der Waals surface area contributed by atoms with Gasteiger partial charge in [0.25, 0.3) is 0 Å². The third-order valence-electron chi connectivity index (χ3n) is 4.68.